The zero-order chi connectivity index (χ0) is 13.1. The highest BCUT2D eigenvalue weighted by molar-refractivity contribution is 5.54. The second kappa shape index (κ2) is 5.35. The Bertz CT molecular complexity index is 388. The number of rotatable bonds is 4. The second-order valence-corrected chi connectivity index (χ2v) is 5.60. The summed E-state index contributed by atoms with van der Waals surface area (Å²) in [5.41, 5.74) is 2.43. The van der Waals surface area contributed by atoms with Gasteiger partial charge in [-0.2, -0.15) is 0 Å². The minimum Gasteiger partial charge on any atom is -0.496 e. The molecule has 0 saturated carbocycles. The highest BCUT2D eigenvalue weighted by Gasteiger charge is 2.19. The third-order valence-corrected chi connectivity index (χ3v) is 2.86. The predicted octanol–water partition coefficient (Wildman–Crippen LogP) is 3.37. The fraction of sp³-hybridized carbons (Fsp3) is 0.533. The van der Waals surface area contributed by atoms with E-state index in [0.29, 0.717) is 0 Å². The fourth-order valence-corrected chi connectivity index (χ4v) is 1.89. The van der Waals surface area contributed by atoms with E-state index in [4.69, 9.17) is 4.74 Å². The second-order valence-electron chi connectivity index (χ2n) is 5.60. The molecule has 2 heteroatoms. The van der Waals surface area contributed by atoms with Crippen LogP contribution in [0.1, 0.15) is 38.8 Å². The van der Waals surface area contributed by atoms with Crippen LogP contribution in [0.25, 0.3) is 0 Å². The summed E-state index contributed by atoms with van der Waals surface area (Å²) in [6.45, 7) is 8.43. The van der Waals surface area contributed by atoms with Gasteiger partial charge in [-0.05, 0) is 29.0 Å². The van der Waals surface area contributed by atoms with Gasteiger partial charge in [0.15, 0.2) is 0 Å². The standard InChI is InChI=1S/C15H22O2/c1-11(10-16)8-12-6-7-14(17-5)13(9-12)15(2,3)4/h6-7,9-11H,8H2,1-5H3/t11-/m0/s1. The highest BCUT2D eigenvalue weighted by Crippen LogP contribution is 2.32. The molecule has 0 N–H and O–H groups in total. The number of methoxy groups -OCH3 is 1. The SMILES string of the molecule is COc1ccc(C[C@H](C)C=O)cc1C(C)(C)C. The van der Waals surface area contributed by atoms with Crippen molar-refractivity contribution in [2.75, 3.05) is 7.11 Å². The van der Waals surface area contributed by atoms with Crippen LogP contribution in [0.4, 0.5) is 0 Å². The molecular weight excluding hydrogens is 212 g/mol. The van der Waals surface area contributed by atoms with Gasteiger partial charge in [-0.15, -0.1) is 0 Å². The minimum atomic E-state index is 0.0474. The summed E-state index contributed by atoms with van der Waals surface area (Å²) in [7, 11) is 1.69. The number of hydrogen-bond donors (Lipinski definition) is 0. The number of benzene rings is 1. The Kier molecular flexibility index (Phi) is 4.33. The summed E-state index contributed by atoms with van der Waals surface area (Å²) < 4.78 is 5.39. The third kappa shape index (κ3) is 3.58. The van der Waals surface area contributed by atoms with E-state index >= 15 is 0 Å². The lowest BCUT2D eigenvalue weighted by Crippen LogP contribution is -2.14. The van der Waals surface area contributed by atoms with Crippen molar-refractivity contribution in [3.63, 3.8) is 0 Å². The average molecular weight is 234 g/mol. The summed E-state index contributed by atoms with van der Waals surface area (Å²) in [4.78, 5) is 10.7. The van der Waals surface area contributed by atoms with Crippen LogP contribution in [-0.4, -0.2) is 13.4 Å². The molecule has 0 aliphatic rings. The molecule has 0 aromatic heterocycles. The van der Waals surface area contributed by atoms with Crippen LogP contribution < -0.4 is 4.74 Å². The van der Waals surface area contributed by atoms with Crippen molar-refractivity contribution in [3.8, 4) is 5.75 Å². The molecule has 1 atom stereocenters. The van der Waals surface area contributed by atoms with Gasteiger partial charge in [-0.1, -0.05) is 39.8 Å². The Morgan fingerprint density at radius 3 is 2.47 bits per heavy atom. The van der Waals surface area contributed by atoms with E-state index in [0.717, 1.165) is 18.5 Å². The fourth-order valence-electron chi connectivity index (χ4n) is 1.89. The first-order valence-electron chi connectivity index (χ1n) is 6.01. The predicted molar refractivity (Wildman–Crippen MR) is 70.6 cm³/mol. The van der Waals surface area contributed by atoms with Crippen molar-refractivity contribution in [3.05, 3.63) is 29.3 Å². The number of aldehydes is 1. The van der Waals surface area contributed by atoms with Gasteiger partial charge in [0.2, 0.25) is 0 Å². The summed E-state index contributed by atoms with van der Waals surface area (Å²) in [5.74, 6) is 0.983. The lowest BCUT2D eigenvalue weighted by Gasteiger charge is -2.23. The van der Waals surface area contributed by atoms with E-state index in [-0.39, 0.29) is 11.3 Å². The van der Waals surface area contributed by atoms with Gasteiger partial charge in [-0.3, -0.25) is 0 Å². The van der Waals surface area contributed by atoms with Crippen LogP contribution in [0.2, 0.25) is 0 Å². The number of hydrogen-bond acceptors (Lipinski definition) is 2. The van der Waals surface area contributed by atoms with Crippen LogP contribution in [0, 0.1) is 5.92 Å². The summed E-state index contributed by atoms with van der Waals surface area (Å²) in [6.07, 6.45) is 1.79. The maximum atomic E-state index is 10.7. The summed E-state index contributed by atoms with van der Waals surface area (Å²) in [5, 5.41) is 0. The van der Waals surface area contributed by atoms with Crippen molar-refractivity contribution in [1.29, 1.82) is 0 Å². The zero-order valence-corrected chi connectivity index (χ0v) is 11.4. The van der Waals surface area contributed by atoms with Crippen LogP contribution in [0.3, 0.4) is 0 Å². The molecule has 1 aromatic rings. The molecule has 1 aromatic carbocycles. The van der Waals surface area contributed by atoms with Crippen LogP contribution in [0.5, 0.6) is 5.75 Å². The third-order valence-electron chi connectivity index (χ3n) is 2.86. The van der Waals surface area contributed by atoms with E-state index in [2.05, 4.69) is 26.8 Å². The Balaban J connectivity index is 3.09. The Morgan fingerprint density at radius 1 is 1.35 bits per heavy atom. The van der Waals surface area contributed by atoms with E-state index in [1.165, 1.54) is 11.1 Å². The average Bonchev–Trinajstić information content (AvgIpc) is 2.27. The minimum absolute atomic E-state index is 0.0474. The topological polar surface area (TPSA) is 26.3 Å². The molecule has 0 heterocycles. The first-order valence-corrected chi connectivity index (χ1v) is 6.01. The van der Waals surface area contributed by atoms with E-state index in [1.807, 2.05) is 19.1 Å². The molecule has 17 heavy (non-hydrogen) atoms. The van der Waals surface area contributed by atoms with Gasteiger partial charge in [-0.25, -0.2) is 0 Å². The number of carbonyl (C=O) groups excluding carboxylic acids is 1. The van der Waals surface area contributed by atoms with Gasteiger partial charge in [0.1, 0.15) is 12.0 Å². The van der Waals surface area contributed by atoms with Gasteiger partial charge in [0.05, 0.1) is 7.11 Å². The first-order chi connectivity index (χ1) is 7.88. The van der Waals surface area contributed by atoms with Gasteiger partial charge in [0.25, 0.3) is 0 Å². The van der Waals surface area contributed by atoms with Crippen molar-refractivity contribution in [1.82, 2.24) is 0 Å². The molecule has 1 rings (SSSR count). The Hall–Kier alpha value is -1.31. The zero-order valence-electron chi connectivity index (χ0n) is 11.4. The molecule has 0 spiro atoms. The highest BCUT2D eigenvalue weighted by atomic mass is 16.5. The largest absolute Gasteiger partial charge is 0.496 e. The maximum absolute atomic E-state index is 10.7. The number of carbonyl (C=O) groups is 1. The normalized spacial score (nSPS) is 13.2. The molecule has 0 fully saturated rings. The Morgan fingerprint density at radius 2 is 2.00 bits per heavy atom. The molecule has 2 nitrogen and oxygen atoms in total. The molecule has 0 aliphatic carbocycles. The molecular formula is C15H22O2. The van der Waals surface area contributed by atoms with Crippen LogP contribution in [-0.2, 0) is 16.6 Å². The lowest BCUT2D eigenvalue weighted by atomic mass is 9.84. The van der Waals surface area contributed by atoms with E-state index in [9.17, 15) is 4.79 Å². The molecule has 0 radical (unpaired) electrons. The smallest absolute Gasteiger partial charge is 0.123 e. The molecule has 0 saturated heterocycles. The summed E-state index contributed by atoms with van der Waals surface area (Å²) >= 11 is 0. The number of ether oxygens (including phenoxy) is 1. The summed E-state index contributed by atoms with van der Waals surface area (Å²) in [6, 6.07) is 6.18. The molecule has 0 bridgehead atoms. The molecule has 0 amide bonds. The molecule has 0 unspecified atom stereocenters. The van der Waals surface area contributed by atoms with Crippen molar-refractivity contribution in [2.24, 2.45) is 5.92 Å². The van der Waals surface area contributed by atoms with E-state index in [1.54, 1.807) is 7.11 Å². The molecule has 94 valence electrons. The first kappa shape index (κ1) is 13.8. The Labute approximate surface area is 104 Å². The van der Waals surface area contributed by atoms with Gasteiger partial charge >= 0.3 is 0 Å². The van der Waals surface area contributed by atoms with Crippen LogP contribution in [0.15, 0.2) is 18.2 Å². The lowest BCUT2D eigenvalue weighted by molar-refractivity contribution is -0.110. The van der Waals surface area contributed by atoms with Gasteiger partial charge in [0, 0.05) is 5.92 Å². The van der Waals surface area contributed by atoms with Crippen molar-refractivity contribution >= 4 is 6.29 Å². The van der Waals surface area contributed by atoms with E-state index < -0.39 is 0 Å². The monoisotopic (exact) mass is 234 g/mol. The van der Waals surface area contributed by atoms with Gasteiger partial charge < -0.3 is 9.53 Å². The molecule has 0 aliphatic heterocycles. The quantitative estimate of drug-likeness (QED) is 0.747. The maximum Gasteiger partial charge on any atom is 0.123 e. The van der Waals surface area contributed by atoms with Crippen molar-refractivity contribution < 1.29 is 9.53 Å². The van der Waals surface area contributed by atoms with Crippen LogP contribution >= 0.6 is 0 Å². The van der Waals surface area contributed by atoms with Crippen molar-refractivity contribution in [2.45, 2.75) is 39.5 Å².